The van der Waals surface area contributed by atoms with Crippen LogP contribution in [0.4, 0.5) is 22.0 Å². The monoisotopic (exact) mass is 339 g/mol. The lowest BCUT2D eigenvalue weighted by molar-refractivity contribution is 0.0718. The number of fused-ring (bicyclic) bond motifs is 1. The minimum atomic E-state index is -2.34. The van der Waals surface area contributed by atoms with Gasteiger partial charge in [-0.05, 0) is 12.1 Å². The van der Waals surface area contributed by atoms with Crippen molar-refractivity contribution >= 4 is 16.9 Å². The first-order valence-corrected chi connectivity index (χ1v) is 6.49. The van der Waals surface area contributed by atoms with Gasteiger partial charge < -0.3 is 4.74 Å². The van der Waals surface area contributed by atoms with Crippen molar-refractivity contribution in [2.24, 2.45) is 0 Å². The third kappa shape index (κ3) is 2.45. The molecule has 0 fully saturated rings. The Labute approximate surface area is 131 Å². The molecule has 0 unspecified atom stereocenters. The van der Waals surface area contributed by atoms with Gasteiger partial charge in [-0.1, -0.05) is 18.2 Å². The van der Waals surface area contributed by atoms with Crippen LogP contribution in [0.5, 0.6) is 5.75 Å². The maximum Gasteiger partial charge on any atom is 0.345 e. The van der Waals surface area contributed by atoms with Crippen LogP contribution in [0.1, 0.15) is 10.4 Å². The predicted octanol–water partition coefficient (Wildman–Crippen LogP) is 4.15. The molecule has 0 saturated carbocycles. The van der Waals surface area contributed by atoms with Crippen LogP contribution in [0.2, 0.25) is 0 Å². The van der Waals surface area contributed by atoms with E-state index in [1.165, 1.54) is 18.3 Å². The van der Waals surface area contributed by atoms with Gasteiger partial charge in [-0.2, -0.15) is 8.78 Å². The standard InChI is InChI=1S/C16H6F5NO2/c17-9-10(18)12(20)15(13(21)11(9)19)24-16(23)8-5-1-3-7-4-2-6-22-14(7)8/h1-6H. The number of hydrogen-bond acceptors (Lipinski definition) is 3. The van der Waals surface area contributed by atoms with Crippen LogP contribution < -0.4 is 4.74 Å². The topological polar surface area (TPSA) is 39.2 Å². The second-order valence-electron chi connectivity index (χ2n) is 4.67. The van der Waals surface area contributed by atoms with Gasteiger partial charge in [-0.15, -0.1) is 0 Å². The number of nitrogens with zero attached hydrogens (tertiary/aromatic N) is 1. The number of halogens is 5. The van der Waals surface area contributed by atoms with Gasteiger partial charge in [-0.3, -0.25) is 4.98 Å². The van der Waals surface area contributed by atoms with Crippen molar-refractivity contribution < 1.29 is 31.5 Å². The van der Waals surface area contributed by atoms with Crippen LogP contribution in [0.3, 0.4) is 0 Å². The fraction of sp³-hybridized carbons (Fsp3) is 0. The Morgan fingerprint density at radius 3 is 2.08 bits per heavy atom. The normalized spacial score (nSPS) is 10.9. The zero-order valence-electron chi connectivity index (χ0n) is 11.6. The molecule has 0 aliphatic carbocycles. The lowest BCUT2D eigenvalue weighted by atomic mass is 10.1. The van der Waals surface area contributed by atoms with Gasteiger partial charge in [0.2, 0.25) is 34.8 Å². The summed E-state index contributed by atoms with van der Waals surface area (Å²) >= 11 is 0. The van der Waals surface area contributed by atoms with E-state index in [0.717, 1.165) is 0 Å². The summed E-state index contributed by atoms with van der Waals surface area (Å²) < 4.78 is 70.8. The molecule has 0 aliphatic heterocycles. The highest BCUT2D eigenvalue weighted by Crippen LogP contribution is 2.30. The number of esters is 1. The molecular weight excluding hydrogens is 333 g/mol. The molecule has 0 radical (unpaired) electrons. The van der Waals surface area contributed by atoms with Crippen LogP contribution in [0, 0.1) is 29.1 Å². The molecule has 0 bridgehead atoms. The van der Waals surface area contributed by atoms with Crippen molar-refractivity contribution in [1.29, 1.82) is 0 Å². The van der Waals surface area contributed by atoms with Gasteiger partial charge >= 0.3 is 5.97 Å². The van der Waals surface area contributed by atoms with E-state index in [9.17, 15) is 26.7 Å². The second kappa shape index (κ2) is 5.88. The number of pyridine rings is 1. The highest BCUT2D eigenvalue weighted by Gasteiger charge is 2.29. The summed E-state index contributed by atoms with van der Waals surface area (Å²) in [4.78, 5) is 16.0. The third-order valence-electron chi connectivity index (χ3n) is 3.22. The summed E-state index contributed by atoms with van der Waals surface area (Å²) in [6.45, 7) is 0. The molecule has 2 aromatic carbocycles. The highest BCUT2D eigenvalue weighted by molar-refractivity contribution is 6.03. The number of ether oxygens (including phenoxy) is 1. The molecule has 1 heterocycles. The summed E-state index contributed by atoms with van der Waals surface area (Å²) in [7, 11) is 0. The number of hydrogen-bond donors (Lipinski definition) is 0. The zero-order chi connectivity index (χ0) is 17.4. The molecule has 0 amide bonds. The Bertz CT molecular complexity index is 940. The number of rotatable bonds is 2. The van der Waals surface area contributed by atoms with Crippen LogP contribution in [-0.2, 0) is 0 Å². The van der Waals surface area contributed by atoms with E-state index in [2.05, 4.69) is 9.72 Å². The van der Waals surface area contributed by atoms with Gasteiger partial charge in [0.05, 0.1) is 11.1 Å². The van der Waals surface area contributed by atoms with Crippen molar-refractivity contribution in [3.63, 3.8) is 0 Å². The zero-order valence-corrected chi connectivity index (χ0v) is 11.6. The lowest BCUT2D eigenvalue weighted by Crippen LogP contribution is -2.14. The van der Waals surface area contributed by atoms with Gasteiger partial charge in [0.1, 0.15) is 0 Å². The van der Waals surface area contributed by atoms with Crippen molar-refractivity contribution in [3.8, 4) is 5.75 Å². The molecule has 3 aromatic rings. The van der Waals surface area contributed by atoms with E-state index in [0.29, 0.717) is 5.39 Å². The minimum absolute atomic E-state index is 0.161. The average molecular weight is 339 g/mol. The summed E-state index contributed by atoms with van der Waals surface area (Å²) in [5.74, 6) is -14.2. The van der Waals surface area contributed by atoms with Crippen molar-refractivity contribution in [2.75, 3.05) is 0 Å². The minimum Gasteiger partial charge on any atom is -0.416 e. The predicted molar refractivity (Wildman–Crippen MR) is 72.9 cm³/mol. The van der Waals surface area contributed by atoms with E-state index in [1.807, 2.05) is 0 Å². The van der Waals surface area contributed by atoms with Crippen molar-refractivity contribution in [3.05, 3.63) is 71.2 Å². The van der Waals surface area contributed by atoms with E-state index >= 15 is 0 Å². The average Bonchev–Trinajstić information content (AvgIpc) is 2.61. The maximum atomic E-state index is 13.6. The first kappa shape index (κ1) is 15.9. The maximum absolute atomic E-state index is 13.6. The number of carbonyl (C=O) groups excluding carboxylic acids is 1. The number of benzene rings is 2. The van der Waals surface area contributed by atoms with Gasteiger partial charge in [0.15, 0.2) is 0 Å². The lowest BCUT2D eigenvalue weighted by Gasteiger charge is -2.09. The Kier molecular flexibility index (Phi) is 3.88. The van der Waals surface area contributed by atoms with Gasteiger partial charge in [0, 0.05) is 11.6 Å². The van der Waals surface area contributed by atoms with Crippen molar-refractivity contribution in [2.45, 2.75) is 0 Å². The fourth-order valence-corrected chi connectivity index (χ4v) is 2.09. The van der Waals surface area contributed by atoms with Gasteiger partial charge in [0.25, 0.3) is 0 Å². The summed E-state index contributed by atoms with van der Waals surface area (Å²) in [6.07, 6.45) is 1.37. The quantitative estimate of drug-likeness (QED) is 0.231. The smallest absolute Gasteiger partial charge is 0.345 e. The summed E-state index contributed by atoms with van der Waals surface area (Å²) in [5, 5.41) is 0.532. The molecule has 24 heavy (non-hydrogen) atoms. The Morgan fingerprint density at radius 2 is 1.42 bits per heavy atom. The van der Waals surface area contributed by atoms with Crippen molar-refractivity contribution in [1.82, 2.24) is 4.98 Å². The van der Waals surface area contributed by atoms with Crippen LogP contribution in [0.15, 0.2) is 36.5 Å². The van der Waals surface area contributed by atoms with Crippen LogP contribution in [-0.4, -0.2) is 11.0 Å². The summed E-state index contributed by atoms with van der Waals surface area (Å²) in [6, 6.07) is 7.55. The first-order valence-electron chi connectivity index (χ1n) is 6.49. The molecular formula is C16H6F5NO2. The molecule has 0 saturated heterocycles. The molecule has 3 rings (SSSR count). The third-order valence-corrected chi connectivity index (χ3v) is 3.22. The Hall–Kier alpha value is -3.03. The summed E-state index contributed by atoms with van der Waals surface area (Å²) in [5.41, 5.74) is -0.0223. The Balaban J connectivity index is 2.08. The largest absolute Gasteiger partial charge is 0.416 e. The SMILES string of the molecule is O=C(Oc1c(F)c(F)c(F)c(F)c1F)c1cccc2cccnc12. The van der Waals surface area contributed by atoms with Crippen LogP contribution in [0.25, 0.3) is 10.9 Å². The number of aromatic nitrogens is 1. The molecule has 0 aliphatic rings. The van der Waals surface area contributed by atoms with Gasteiger partial charge in [-0.25, -0.2) is 18.0 Å². The molecule has 122 valence electrons. The van der Waals surface area contributed by atoms with E-state index < -0.39 is 40.8 Å². The second-order valence-corrected chi connectivity index (χ2v) is 4.67. The number of carbonyl (C=O) groups is 1. The van der Waals surface area contributed by atoms with Crippen LogP contribution >= 0.6 is 0 Å². The fourth-order valence-electron chi connectivity index (χ4n) is 2.09. The molecule has 3 nitrogen and oxygen atoms in total. The molecule has 8 heteroatoms. The first-order chi connectivity index (χ1) is 11.4. The van der Waals surface area contributed by atoms with E-state index in [-0.39, 0.29) is 11.1 Å². The highest BCUT2D eigenvalue weighted by atomic mass is 19.2. The molecule has 1 aromatic heterocycles. The number of para-hydroxylation sites is 1. The Morgan fingerprint density at radius 1 is 0.833 bits per heavy atom. The molecule has 0 N–H and O–H groups in total. The molecule has 0 spiro atoms. The van der Waals surface area contributed by atoms with E-state index in [4.69, 9.17) is 0 Å². The molecule has 0 atom stereocenters. The van der Waals surface area contributed by atoms with E-state index in [1.54, 1.807) is 18.2 Å².